The van der Waals surface area contributed by atoms with Gasteiger partial charge < -0.3 is 9.84 Å². The number of aromatic nitrogens is 5. The van der Waals surface area contributed by atoms with Crippen molar-refractivity contribution in [2.24, 2.45) is 7.05 Å². The van der Waals surface area contributed by atoms with Gasteiger partial charge in [0.25, 0.3) is 5.91 Å². The van der Waals surface area contributed by atoms with Gasteiger partial charge in [-0.25, -0.2) is 0 Å². The van der Waals surface area contributed by atoms with Crippen LogP contribution in [-0.4, -0.2) is 37.2 Å². The van der Waals surface area contributed by atoms with Crippen molar-refractivity contribution in [2.45, 2.75) is 13.5 Å². The molecular weight excluding hydrogens is 364 g/mol. The van der Waals surface area contributed by atoms with Crippen LogP contribution in [0.15, 0.2) is 46.6 Å². The molecule has 8 nitrogen and oxygen atoms in total. The maximum atomic E-state index is 12.2. The van der Waals surface area contributed by atoms with Crippen LogP contribution in [0.2, 0.25) is 0 Å². The fraction of sp³-hybridized carbons (Fsp3) is 0.222. The van der Waals surface area contributed by atoms with Gasteiger partial charge in [-0.2, -0.15) is 10.2 Å². The minimum Gasteiger partial charge on any atom is -0.356 e. The first-order chi connectivity index (χ1) is 13.1. The van der Waals surface area contributed by atoms with E-state index in [1.54, 1.807) is 41.5 Å². The molecule has 0 aromatic carbocycles. The molecule has 0 radical (unpaired) electrons. The Labute approximate surface area is 159 Å². The van der Waals surface area contributed by atoms with Crippen LogP contribution in [0.1, 0.15) is 16.2 Å². The van der Waals surface area contributed by atoms with E-state index < -0.39 is 0 Å². The highest BCUT2D eigenvalue weighted by Gasteiger charge is 2.19. The summed E-state index contributed by atoms with van der Waals surface area (Å²) in [6.07, 6.45) is 3.51. The Kier molecular flexibility index (Phi) is 4.59. The SMILES string of the molecule is Cc1cc(-c2cnn(CCNC(=O)c3ccn(C)n3)c2-c2cccs2)on1. The van der Waals surface area contributed by atoms with Crippen LogP contribution >= 0.6 is 11.3 Å². The molecule has 0 aliphatic heterocycles. The van der Waals surface area contributed by atoms with Crippen LogP contribution < -0.4 is 5.32 Å². The van der Waals surface area contributed by atoms with E-state index in [2.05, 4.69) is 20.7 Å². The van der Waals surface area contributed by atoms with E-state index in [4.69, 9.17) is 4.52 Å². The van der Waals surface area contributed by atoms with Crippen molar-refractivity contribution in [3.8, 4) is 21.9 Å². The molecule has 0 aliphatic rings. The molecule has 0 fully saturated rings. The van der Waals surface area contributed by atoms with Crippen molar-refractivity contribution in [3.05, 3.63) is 53.4 Å². The zero-order chi connectivity index (χ0) is 18.8. The molecule has 9 heteroatoms. The van der Waals surface area contributed by atoms with Crippen LogP contribution in [0.3, 0.4) is 0 Å². The van der Waals surface area contributed by atoms with Gasteiger partial charge in [-0.15, -0.1) is 11.3 Å². The first-order valence-electron chi connectivity index (χ1n) is 8.43. The molecule has 4 aromatic rings. The number of amides is 1. The third-order valence-corrected chi connectivity index (χ3v) is 4.92. The van der Waals surface area contributed by atoms with Gasteiger partial charge in [0.2, 0.25) is 0 Å². The summed E-state index contributed by atoms with van der Waals surface area (Å²) in [5.41, 5.74) is 3.05. The van der Waals surface area contributed by atoms with Crippen LogP contribution in [0.4, 0.5) is 0 Å². The monoisotopic (exact) mass is 382 g/mol. The Morgan fingerprint density at radius 1 is 1.37 bits per heavy atom. The van der Waals surface area contributed by atoms with Crippen molar-refractivity contribution >= 4 is 17.2 Å². The molecule has 4 rings (SSSR count). The van der Waals surface area contributed by atoms with E-state index in [9.17, 15) is 4.79 Å². The lowest BCUT2D eigenvalue weighted by Gasteiger charge is -2.08. The van der Waals surface area contributed by atoms with Gasteiger partial charge in [-0.05, 0) is 24.4 Å². The summed E-state index contributed by atoms with van der Waals surface area (Å²) >= 11 is 1.63. The molecular formula is C18H18N6O2S. The molecule has 1 N–H and O–H groups in total. The molecule has 0 unspecified atom stereocenters. The molecule has 1 amide bonds. The average Bonchev–Trinajstić information content (AvgIpc) is 3.40. The first-order valence-corrected chi connectivity index (χ1v) is 9.31. The standard InChI is InChI=1S/C18H18N6O2S/c1-12-10-15(26-22-12)13-11-20-24(17(13)16-4-3-9-27-16)8-6-19-18(25)14-5-7-23(2)21-14/h3-5,7,9-11H,6,8H2,1-2H3,(H,19,25). The highest BCUT2D eigenvalue weighted by Crippen LogP contribution is 2.34. The first kappa shape index (κ1) is 17.2. The van der Waals surface area contributed by atoms with Crippen molar-refractivity contribution in [1.82, 2.24) is 30.0 Å². The third-order valence-electron chi connectivity index (χ3n) is 4.04. The Morgan fingerprint density at radius 2 is 2.26 bits per heavy atom. The van der Waals surface area contributed by atoms with Crippen molar-refractivity contribution in [2.75, 3.05) is 6.54 Å². The van der Waals surface area contributed by atoms with E-state index in [1.807, 2.05) is 35.2 Å². The number of thiophene rings is 1. The second-order valence-corrected chi connectivity index (χ2v) is 7.02. The summed E-state index contributed by atoms with van der Waals surface area (Å²) in [6, 6.07) is 7.61. The lowest BCUT2D eigenvalue weighted by molar-refractivity contribution is 0.0946. The highest BCUT2D eigenvalue weighted by atomic mass is 32.1. The summed E-state index contributed by atoms with van der Waals surface area (Å²) < 4.78 is 8.90. The molecule has 0 spiro atoms. The minimum atomic E-state index is -0.202. The quantitative estimate of drug-likeness (QED) is 0.554. The van der Waals surface area contributed by atoms with Crippen LogP contribution in [0.5, 0.6) is 0 Å². The van der Waals surface area contributed by atoms with Gasteiger partial charge in [0.1, 0.15) is 5.69 Å². The van der Waals surface area contributed by atoms with Gasteiger partial charge in [0.15, 0.2) is 5.76 Å². The van der Waals surface area contributed by atoms with E-state index >= 15 is 0 Å². The average molecular weight is 382 g/mol. The van der Waals surface area contributed by atoms with Crippen LogP contribution in [0, 0.1) is 6.92 Å². The van der Waals surface area contributed by atoms with E-state index in [0.717, 1.165) is 21.8 Å². The van der Waals surface area contributed by atoms with Gasteiger partial charge in [-0.1, -0.05) is 11.2 Å². The summed E-state index contributed by atoms with van der Waals surface area (Å²) in [5, 5.41) is 17.5. The molecule has 0 atom stereocenters. The lowest BCUT2D eigenvalue weighted by Crippen LogP contribution is -2.28. The predicted molar refractivity (Wildman–Crippen MR) is 101 cm³/mol. The molecule has 138 valence electrons. The number of carbonyl (C=O) groups excluding carboxylic acids is 1. The maximum absolute atomic E-state index is 12.2. The molecule has 4 heterocycles. The number of carbonyl (C=O) groups is 1. The molecule has 0 bridgehead atoms. The number of nitrogens with one attached hydrogen (secondary N) is 1. The van der Waals surface area contributed by atoms with Gasteiger partial charge in [0, 0.05) is 25.9 Å². The number of rotatable bonds is 6. The summed E-state index contributed by atoms with van der Waals surface area (Å²) in [5.74, 6) is 0.478. The predicted octanol–water partition coefficient (Wildman–Crippen LogP) is 2.74. The second-order valence-electron chi connectivity index (χ2n) is 6.07. The van der Waals surface area contributed by atoms with Crippen molar-refractivity contribution < 1.29 is 9.32 Å². The third kappa shape index (κ3) is 3.54. The van der Waals surface area contributed by atoms with Crippen molar-refractivity contribution in [3.63, 3.8) is 0 Å². The minimum absolute atomic E-state index is 0.202. The summed E-state index contributed by atoms with van der Waals surface area (Å²) in [7, 11) is 1.78. The normalized spacial score (nSPS) is 11.0. The van der Waals surface area contributed by atoms with Crippen LogP contribution in [-0.2, 0) is 13.6 Å². The smallest absolute Gasteiger partial charge is 0.271 e. The summed E-state index contributed by atoms with van der Waals surface area (Å²) in [4.78, 5) is 13.2. The molecule has 0 saturated carbocycles. The Bertz CT molecular complexity index is 1060. The topological polar surface area (TPSA) is 90.8 Å². The zero-order valence-electron chi connectivity index (χ0n) is 14.9. The lowest BCUT2D eigenvalue weighted by atomic mass is 10.1. The maximum Gasteiger partial charge on any atom is 0.271 e. The molecule has 4 aromatic heterocycles. The molecule has 27 heavy (non-hydrogen) atoms. The Morgan fingerprint density at radius 3 is 2.93 bits per heavy atom. The van der Waals surface area contributed by atoms with Gasteiger partial charge in [-0.3, -0.25) is 14.2 Å². The summed E-state index contributed by atoms with van der Waals surface area (Å²) in [6.45, 7) is 2.85. The zero-order valence-corrected chi connectivity index (χ0v) is 15.7. The van der Waals surface area contributed by atoms with Gasteiger partial charge >= 0.3 is 0 Å². The number of hydrogen-bond acceptors (Lipinski definition) is 6. The highest BCUT2D eigenvalue weighted by molar-refractivity contribution is 7.13. The fourth-order valence-corrected chi connectivity index (χ4v) is 3.59. The van der Waals surface area contributed by atoms with E-state index in [1.165, 1.54) is 0 Å². The second kappa shape index (κ2) is 7.20. The largest absolute Gasteiger partial charge is 0.356 e. The molecule has 0 saturated heterocycles. The fourth-order valence-electron chi connectivity index (χ4n) is 2.80. The van der Waals surface area contributed by atoms with Crippen molar-refractivity contribution in [1.29, 1.82) is 0 Å². The van der Waals surface area contributed by atoms with E-state index in [-0.39, 0.29) is 5.91 Å². The number of nitrogens with zero attached hydrogens (tertiary/aromatic N) is 5. The number of hydrogen-bond donors (Lipinski definition) is 1. The number of aryl methyl sites for hydroxylation is 2. The Hall–Kier alpha value is -3.20. The van der Waals surface area contributed by atoms with Gasteiger partial charge in [0.05, 0.1) is 34.6 Å². The van der Waals surface area contributed by atoms with Crippen LogP contribution in [0.25, 0.3) is 21.9 Å². The Balaban J connectivity index is 1.54. The van der Waals surface area contributed by atoms with E-state index in [0.29, 0.717) is 24.5 Å². The molecule has 0 aliphatic carbocycles.